The molecule has 88 valence electrons. The highest BCUT2D eigenvalue weighted by Crippen LogP contribution is 2.29. The van der Waals surface area contributed by atoms with Crippen LogP contribution in [0.3, 0.4) is 0 Å². The van der Waals surface area contributed by atoms with E-state index in [2.05, 4.69) is 4.98 Å². The molecule has 1 amide bonds. The van der Waals surface area contributed by atoms with E-state index in [9.17, 15) is 19.7 Å². The summed E-state index contributed by atoms with van der Waals surface area (Å²) in [4.78, 5) is 37.2. The van der Waals surface area contributed by atoms with Gasteiger partial charge < -0.3 is 0 Å². The average Bonchev–Trinajstić information content (AvgIpc) is 2.57. The summed E-state index contributed by atoms with van der Waals surface area (Å²) in [5.41, 5.74) is -0.267. The molecule has 1 aromatic heterocycles. The third kappa shape index (κ3) is 2.09. The van der Waals surface area contributed by atoms with Crippen LogP contribution in [-0.4, -0.2) is 28.1 Å². The Morgan fingerprint density at radius 2 is 2.18 bits per heavy atom. The fraction of sp³-hybridized carbons (Fsp3) is 0.222. The summed E-state index contributed by atoms with van der Waals surface area (Å²) in [7, 11) is 0. The maximum Gasteiger partial charge on any atom is 0.289 e. The van der Waals surface area contributed by atoms with Gasteiger partial charge in [0, 0.05) is 6.07 Å². The normalized spacial score (nSPS) is 15.5. The number of carbonyl (C=O) groups is 2. The van der Waals surface area contributed by atoms with Crippen LogP contribution in [0.2, 0.25) is 5.02 Å². The van der Waals surface area contributed by atoms with Gasteiger partial charge in [-0.1, -0.05) is 11.6 Å². The third-order valence-electron chi connectivity index (χ3n) is 2.26. The number of halogens is 1. The average molecular weight is 256 g/mol. The number of anilines is 1. The fourth-order valence-electron chi connectivity index (χ4n) is 1.50. The van der Waals surface area contributed by atoms with E-state index in [-0.39, 0.29) is 35.3 Å². The van der Waals surface area contributed by atoms with Gasteiger partial charge in [0.25, 0.3) is 5.69 Å². The Labute approximate surface area is 100 Å². The molecule has 0 bridgehead atoms. The monoisotopic (exact) mass is 255 g/mol. The summed E-state index contributed by atoms with van der Waals surface area (Å²) in [6, 6.07) is 1.10. The summed E-state index contributed by atoms with van der Waals surface area (Å²) < 4.78 is 0. The van der Waals surface area contributed by atoms with E-state index in [1.165, 1.54) is 0 Å². The van der Waals surface area contributed by atoms with Gasteiger partial charge >= 0.3 is 0 Å². The maximum atomic E-state index is 11.4. The Kier molecular flexibility index (Phi) is 2.76. The van der Waals surface area contributed by atoms with Gasteiger partial charge in [0.15, 0.2) is 11.6 Å². The van der Waals surface area contributed by atoms with Crippen molar-refractivity contribution in [2.75, 3.05) is 11.4 Å². The van der Waals surface area contributed by atoms with Crippen LogP contribution in [0.25, 0.3) is 0 Å². The number of pyridine rings is 1. The molecule has 0 aliphatic carbocycles. The lowest BCUT2D eigenvalue weighted by molar-refractivity contribution is -0.385. The third-order valence-corrected chi connectivity index (χ3v) is 2.54. The van der Waals surface area contributed by atoms with Gasteiger partial charge in [0.1, 0.15) is 6.20 Å². The largest absolute Gasteiger partial charge is 0.297 e. The lowest BCUT2D eigenvalue weighted by Crippen LogP contribution is -2.25. The number of hydrogen-bond donors (Lipinski definition) is 0. The molecule has 0 N–H and O–H groups in total. The Hall–Kier alpha value is -2.02. The number of aromatic nitrogens is 1. The van der Waals surface area contributed by atoms with Crippen LogP contribution < -0.4 is 4.90 Å². The number of hydrogen-bond acceptors (Lipinski definition) is 5. The summed E-state index contributed by atoms with van der Waals surface area (Å²) in [5, 5.41) is 10.4. The first-order valence-corrected chi connectivity index (χ1v) is 4.99. The van der Waals surface area contributed by atoms with Crippen molar-refractivity contribution in [2.24, 2.45) is 0 Å². The maximum absolute atomic E-state index is 11.4. The molecular weight excluding hydrogens is 250 g/mol. The molecule has 0 radical (unpaired) electrons. The van der Waals surface area contributed by atoms with Crippen molar-refractivity contribution in [3.63, 3.8) is 0 Å². The number of nitro groups is 1. The zero-order chi connectivity index (χ0) is 12.6. The van der Waals surface area contributed by atoms with Crippen LogP contribution in [-0.2, 0) is 9.59 Å². The minimum atomic E-state index is -0.639. The zero-order valence-corrected chi connectivity index (χ0v) is 9.18. The lowest BCUT2D eigenvalue weighted by atomic mass is 10.3. The van der Waals surface area contributed by atoms with Gasteiger partial charge in [-0.15, -0.1) is 0 Å². The summed E-state index contributed by atoms with van der Waals surface area (Å²) in [5.74, 6) is -0.558. The fourth-order valence-corrected chi connectivity index (χ4v) is 1.76. The Morgan fingerprint density at radius 3 is 2.65 bits per heavy atom. The van der Waals surface area contributed by atoms with Gasteiger partial charge in [-0.2, -0.15) is 0 Å². The van der Waals surface area contributed by atoms with Gasteiger partial charge in [0.05, 0.1) is 22.9 Å². The molecule has 17 heavy (non-hydrogen) atoms. The molecule has 1 fully saturated rings. The summed E-state index contributed by atoms with van der Waals surface area (Å²) >= 11 is 5.79. The molecule has 0 aromatic carbocycles. The molecular formula is C9H6ClN3O4. The topological polar surface area (TPSA) is 93.4 Å². The molecule has 2 rings (SSSR count). The molecule has 0 spiro atoms. The SMILES string of the molecule is O=C1CC(=O)N(c2ncc([N+](=O)[O-])cc2Cl)C1. The predicted octanol–water partition coefficient (Wildman–Crippen LogP) is 0.949. The second-order valence-electron chi connectivity index (χ2n) is 3.45. The minimum absolute atomic E-state index is 0.0257. The summed E-state index contributed by atoms with van der Waals surface area (Å²) in [6.07, 6.45) is 0.812. The molecule has 7 nitrogen and oxygen atoms in total. The molecule has 1 aliphatic rings. The molecule has 0 saturated carbocycles. The van der Waals surface area contributed by atoms with E-state index in [1.807, 2.05) is 0 Å². The highest BCUT2D eigenvalue weighted by atomic mass is 35.5. The molecule has 1 saturated heterocycles. The van der Waals surface area contributed by atoms with Gasteiger partial charge in [-0.05, 0) is 0 Å². The van der Waals surface area contributed by atoms with Gasteiger partial charge in [-0.3, -0.25) is 24.6 Å². The van der Waals surface area contributed by atoms with Crippen LogP contribution >= 0.6 is 11.6 Å². The molecule has 8 heteroatoms. The van der Waals surface area contributed by atoms with E-state index in [0.29, 0.717) is 0 Å². The first-order valence-electron chi connectivity index (χ1n) is 4.61. The Morgan fingerprint density at radius 1 is 1.47 bits per heavy atom. The van der Waals surface area contributed by atoms with Gasteiger partial charge in [-0.25, -0.2) is 4.98 Å². The second kappa shape index (κ2) is 4.10. The van der Waals surface area contributed by atoms with Crippen molar-refractivity contribution in [1.82, 2.24) is 4.98 Å². The van der Waals surface area contributed by atoms with Crippen molar-refractivity contribution >= 4 is 34.8 Å². The first-order chi connectivity index (χ1) is 7.99. The lowest BCUT2D eigenvalue weighted by Gasteiger charge is -2.14. The van der Waals surface area contributed by atoms with Crippen LogP contribution in [0.15, 0.2) is 12.3 Å². The summed E-state index contributed by atoms with van der Waals surface area (Å²) in [6.45, 7) is -0.0939. The predicted molar refractivity (Wildman–Crippen MR) is 57.9 cm³/mol. The first kappa shape index (κ1) is 11.5. The molecule has 1 aliphatic heterocycles. The highest BCUT2D eigenvalue weighted by Gasteiger charge is 2.31. The van der Waals surface area contributed by atoms with Crippen molar-refractivity contribution in [3.8, 4) is 0 Å². The zero-order valence-electron chi connectivity index (χ0n) is 8.42. The molecule has 0 unspecified atom stereocenters. The standard InChI is InChI=1S/C9H6ClN3O4/c10-7-1-5(13(16)17)3-11-9(7)12-4-6(14)2-8(12)15/h1,3H,2,4H2. The number of nitrogens with zero attached hydrogens (tertiary/aromatic N) is 3. The Bertz CT molecular complexity index is 531. The van der Waals surface area contributed by atoms with Crippen molar-refractivity contribution in [2.45, 2.75) is 6.42 Å². The number of Topliss-reactive ketones (excluding diaryl/α,β-unsaturated/α-hetero) is 1. The number of carbonyl (C=O) groups excluding carboxylic acids is 2. The van der Waals surface area contributed by atoms with E-state index in [4.69, 9.17) is 11.6 Å². The van der Waals surface area contributed by atoms with E-state index < -0.39 is 10.8 Å². The Balaban J connectivity index is 2.37. The van der Waals surface area contributed by atoms with Crippen LogP contribution in [0.4, 0.5) is 11.5 Å². The van der Waals surface area contributed by atoms with Crippen LogP contribution in [0, 0.1) is 10.1 Å². The minimum Gasteiger partial charge on any atom is -0.297 e. The second-order valence-corrected chi connectivity index (χ2v) is 3.86. The molecule has 0 atom stereocenters. The highest BCUT2D eigenvalue weighted by molar-refractivity contribution is 6.34. The molecule has 1 aromatic rings. The number of ketones is 1. The van der Waals surface area contributed by atoms with E-state index in [1.54, 1.807) is 0 Å². The van der Waals surface area contributed by atoms with Crippen molar-refractivity contribution in [1.29, 1.82) is 0 Å². The smallest absolute Gasteiger partial charge is 0.289 e. The molecule has 2 heterocycles. The van der Waals surface area contributed by atoms with E-state index in [0.717, 1.165) is 17.2 Å². The van der Waals surface area contributed by atoms with Gasteiger partial charge in [0.2, 0.25) is 5.91 Å². The van der Waals surface area contributed by atoms with Crippen molar-refractivity contribution < 1.29 is 14.5 Å². The van der Waals surface area contributed by atoms with Crippen molar-refractivity contribution in [3.05, 3.63) is 27.4 Å². The van der Waals surface area contributed by atoms with Crippen LogP contribution in [0.1, 0.15) is 6.42 Å². The number of rotatable bonds is 2. The number of amides is 1. The quantitative estimate of drug-likeness (QED) is 0.445. The van der Waals surface area contributed by atoms with Crippen LogP contribution in [0.5, 0.6) is 0 Å². The van der Waals surface area contributed by atoms with E-state index >= 15 is 0 Å².